The van der Waals surface area contributed by atoms with Gasteiger partial charge >= 0.3 is 18.2 Å². The monoisotopic (exact) mass is 1920 g/mol. The molecule has 10 aliphatic heterocycles. The Labute approximate surface area is 794 Å². The fourth-order valence-corrected chi connectivity index (χ4v) is 20.4. The molecule has 0 radical (unpaired) electrons. The molecule has 732 valence electrons. The number of amides is 12. The molecule has 0 spiro atoms. The van der Waals surface area contributed by atoms with Gasteiger partial charge in [0.1, 0.15) is 31.0 Å². The molecule has 12 atom stereocenters. The van der Waals surface area contributed by atoms with E-state index in [0.29, 0.717) is 94.8 Å². The van der Waals surface area contributed by atoms with E-state index in [1.54, 1.807) is 44.2 Å². The molecule has 10 aliphatic rings. The molecule has 12 unspecified atom stereocenters. The van der Waals surface area contributed by atoms with Crippen LogP contribution in [0.5, 0.6) is 17.2 Å². The number of nitrogens with two attached hydrogens (primary N) is 2. The van der Waals surface area contributed by atoms with Crippen LogP contribution in [0.2, 0.25) is 0 Å². The molecule has 12 amide bonds. The number of anilines is 4. The number of aryl methyl sites for hydroxylation is 1. The Morgan fingerprint density at radius 1 is 0.507 bits per heavy atom. The second-order valence-electron chi connectivity index (χ2n) is 35.0. The molecule has 39 nitrogen and oxygen atoms in total. The normalized spacial score (nSPS) is 25.8. The summed E-state index contributed by atoms with van der Waals surface area (Å²) >= 11 is 2.14. The van der Waals surface area contributed by atoms with Crippen LogP contribution in [0.4, 0.5) is 32.3 Å². The molecule has 11 N–H and O–H groups in total. The number of fused-ring (bicyclic) bond motifs is 8. The van der Waals surface area contributed by atoms with Gasteiger partial charge in [-0.05, 0) is 157 Å². The topological polar surface area (TPSA) is 535 Å². The minimum atomic E-state index is -1.94. The Hall–Kier alpha value is -12.0. The van der Waals surface area contributed by atoms with Crippen molar-refractivity contribution in [3.8, 4) is 17.2 Å². The molecule has 41 heteroatoms. The number of methoxy groups -OCH3 is 1. The van der Waals surface area contributed by atoms with Gasteiger partial charge in [-0.15, -0.1) is 23.5 Å². The number of aliphatic hydroxyl groups excluding tert-OH is 2. The van der Waals surface area contributed by atoms with Crippen LogP contribution < -0.4 is 56.7 Å². The van der Waals surface area contributed by atoms with Crippen molar-refractivity contribution < 1.29 is 130 Å². The fraction of sp³-hybridized carbons (Fsp3) is 0.526. The van der Waals surface area contributed by atoms with Crippen LogP contribution in [0.25, 0.3) is 0 Å². The molecule has 5 fully saturated rings. The lowest BCUT2D eigenvalue weighted by atomic mass is 9.92. The Kier molecular flexibility index (Phi) is 36.4. The number of thioether (sulfide) groups is 2. The van der Waals surface area contributed by atoms with Gasteiger partial charge in [-0.3, -0.25) is 81.7 Å². The molecule has 0 aliphatic carbocycles. The Morgan fingerprint density at radius 3 is 1.42 bits per heavy atom. The van der Waals surface area contributed by atoms with Crippen LogP contribution in [0.1, 0.15) is 186 Å². The van der Waals surface area contributed by atoms with E-state index in [-0.39, 0.29) is 187 Å². The van der Waals surface area contributed by atoms with Gasteiger partial charge in [0, 0.05) is 112 Å². The van der Waals surface area contributed by atoms with Crippen molar-refractivity contribution in [2.75, 3.05) is 98.4 Å². The van der Waals surface area contributed by atoms with E-state index in [4.69, 9.17) is 44.6 Å². The number of imide groups is 2. The summed E-state index contributed by atoms with van der Waals surface area (Å²) in [7, 11) is 1.38. The highest BCUT2D eigenvalue weighted by atomic mass is 32.2. The molecule has 4 aromatic carbocycles. The highest BCUT2D eigenvalue weighted by Crippen LogP contribution is 2.45. The first kappa shape index (κ1) is 103. The first-order chi connectivity index (χ1) is 65.2. The number of aliphatic hydroxyl groups is 2. The third-order valence-corrected chi connectivity index (χ3v) is 27.6. The predicted octanol–water partition coefficient (Wildman–Crippen LogP) is 6.83. The lowest BCUT2D eigenvalue weighted by Crippen LogP contribution is -2.62. The van der Waals surface area contributed by atoms with E-state index in [0.717, 1.165) is 33.3 Å². The third kappa shape index (κ3) is 25.6. The molecule has 0 saturated carbocycles. The van der Waals surface area contributed by atoms with Gasteiger partial charge in [0.05, 0.1) is 103 Å². The lowest BCUT2D eigenvalue weighted by Gasteiger charge is -2.36. The van der Waals surface area contributed by atoms with Crippen molar-refractivity contribution >= 4 is 147 Å². The highest BCUT2D eigenvalue weighted by Gasteiger charge is 2.57. The Bertz CT molecular complexity index is 5210. The number of Topliss-reactive ketones (excluding diaryl/α,β-unsaturated/α-hetero) is 4. The zero-order chi connectivity index (χ0) is 97.7. The average molecular weight is 1920 g/mol. The number of ether oxygens (including phenoxy) is 7. The SMILES string of the molecule is C=C1CC2C(O)N3C(=O)OCc4ccc(cc4)NC(=O)C(CC(=O)O)CC(=O)C(CCCCN)NC(=O)CCOCCCC(=O)C4C(C(=O)CCCOCCC(=O)NC(CCCCN)C(=O)CC(C)C(=O)Nc5ccc(cc5)COC(=O)N5c6cc(c(OC)cc6C(=O)N6CC(=C)CC6C5O)OCCCCCOc5cc3c(cc5C)C(=O)N2C1)N1C(=O)CC(SCSC2CC(=O)N4C2=O)C1=O. The number of aliphatic carboxylic acids is 1. The van der Waals surface area contributed by atoms with Gasteiger partial charge < -0.3 is 91.0 Å². The van der Waals surface area contributed by atoms with E-state index in [2.05, 4.69) is 34.4 Å². The number of carboxylic acids is 1. The second kappa shape index (κ2) is 48.2. The molecule has 4 aromatic rings. The summed E-state index contributed by atoms with van der Waals surface area (Å²) < 4.78 is 41.7. The summed E-state index contributed by atoms with van der Waals surface area (Å²) in [5, 5.41) is 43.4. The number of nitrogens with one attached hydrogen (secondary N) is 4. The fourth-order valence-electron chi connectivity index (χ4n) is 17.7. The minimum Gasteiger partial charge on any atom is -0.493 e. The molecular weight excluding hydrogens is 1810 g/mol. The van der Waals surface area contributed by atoms with E-state index in [9.17, 15) is 96.8 Å². The van der Waals surface area contributed by atoms with Crippen LogP contribution in [-0.4, -0.2) is 273 Å². The van der Waals surface area contributed by atoms with Crippen LogP contribution in [-0.2, 0) is 94.5 Å². The van der Waals surface area contributed by atoms with Crippen molar-refractivity contribution in [2.24, 2.45) is 23.3 Å². The van der Waals surface area contributed by atoms with Gasteiger partial charge in [0.2, 0.25) is 47.3 Å². The molecule has 10 heterocycles. The molecule has 5 saturated heterocycles. The number of hydrogen-bond acceptors (Lipinski definition) is 30. The summed E-state index contributed by atoms with van der Waals surface area (Å²) in [5.41, 5.74) is 14.8. The largest absolute Gasteiger partial charge is 0.493 e. The molecular formula is C95H118N12O27S2. The van der Waals surface area contributed by atoms with Crippen molar-refractivity contribution in [3.05, 3.63) is 125 Å². The summed E-state index contributed by atoms with van der Waals surface area (Å²) in [6.07, 6.45) is -5.68. The maximum atomic E-state index is 14.8. The highest BCUT2D eigenvalue weighted by molar-refractivity contribution is 8.17. The quantitative estimate of drug-likeness (QED) is 0.0422. The van der Waals surface area contributed by atoms with Gasteiger partial charge in [0.25, 0.3) is 11.8 Å². The van der Waals surface area contributed by atoms with Crippen molar-refractivity contribution in [2.45, 2.75) is 228 Å². The zero-order valence-corrected chi connectivity index (χ0v) is 77.9. The van der Waals surface area contributed by atoms with Crippen LogP contribution >= 0.6 is 23.5 Å². The number of carbonyl (C=O) groups is 17. The number of unbranched alkanes of at least 4 members (excludes halogenated alkanes) is 2. The number of benzene rings is 4. The average Bonchev–Trinajstić information content (AvgIpc) is 1.61. The van der Waals surface area contributed by atoms with E-state index in [1.165, 1.54) is 59.4 Å². The van der Waals surface area contributed by atoms with Gasteiger partial charge in [-0.2, -0.15) is 0 Å². The summed E-state index contributed by atoms with van der Waals surface area (Å²) in [5.74, 6) is -12.8. The standard InChI is InChI=1S/C95H118N12O27S2/c1-53-37-68-90(122)104-66-44-74(55(3)39-62(66)88(120)102(68)48-53)131-33-11-6-12-34-132-76-45-67-63(43-75(76)128-5)89(121)103-49-54(2)38-69(103)91(123)105(67)95(127)134-50-57-19-23-60(24-20-57)98-86(118)56(4)40-72(110)64(15-7-9-29-96)100-79(112)27-35-129-31-13-17-70(108)84-85(107-82(115)47-78(93(107)125)136-52-135-77-46-81(114)106(84)92(77)124)71(109)18-14-32-130-36-28-80(113)101-65(16-8-10-30-97)73(111)41-59(42-83(116)117)87(119)99-61-25-21-58(22-26-61)51-133-94(104)126/h19-26,39,43-45,56,59,64-65,68-69,77-78,84-85,90-91,122-123H,1-2,6-18,27-38,40-42,46-52,96-97H2,3-5H3,(H,98,118)(H,99,119)(H,100,112)(H,101,113)(H,116,117). The number of carbonyl (C=O) groups excluding carboxylic acids is 16. The van der Waals surface area contributed by atoms with E-state index in [1.807, 2.05) is 0 Å². The first-order valence-electron chi connectivity index (χ1n) is 45.8. The van der Waals surface area contributed by atoms with Gasteiger partial charge in [0.15, 0.2) is 47.1 Å². The lowest BCUT2D eigenvalue weighted by molar-refractivity contribution is -0.157. The van der Waals surface area contributed by atoms with E-state index < -0.39 is 204 Å². The first-order valence-corrected chi connectivity index (χ1v) is 47.9. The van der Waals surface area contributed by atoms with Crippen molar-refractivity contribution in [1.29, 1.82) is 0 Å². The Balaban J connectivity index is 0.754. The smallest absolute Gasteiger partial charge is 0.416 e. The molecule has 12 bridgehead atoms. The van der Waals surface area contributed by atoms with Crippen molar-refractivity contribution in [1.82, 2.24) is 30.2 Å². The minimum absolute atomic E-state index is 0.00183. The Morgan fingerprint density at radius 2 is 0.956 bits per heavy atom. The number of nitrogens with zero attached hydrogens (tertiary/aromatic N) is 6. The van der Waals surface area contributed by atoms with Crippen LogP contribution in [0, 0.1) is 18.8 Å². The van der Waals surface area contributed by atoms with Gasteiger partial charge in [-0.25, -0.2) is 19.4 Å². The van der Waals surface area contributed by atoms with Crippen LogP contribution in [0.3, 0.4) is 0 Å². The summed E-state index contributed by atoms with van der Waals surface area (Å²) in [6, 6.07) is 10.1. The summed E-state index contributed by atoms with van der Waals surface area (Å²) in [6.45, 7) is 10.7. The molecule has 136 heavy (non-hydrogen) atoms. The number of ketones is 4. The third-order valence-electron chi connectivity index (χ3n) is 25.0. The predicted molar refractivity (Wildman–Crippen MR) is 495 cm³/mol. The maximum absolute atomic E-state index is 14.8. The van der Waals surface area contributed by atoms with E-state index >= 15 is 0 Å². The van der Waals surface area contributed by atoms with Crippen molar-refractivity contribution in [3.63, 3.8) is 0 Å². The molecule has 0 aromatic heterocycles. The second-order valence-corrected chi connectivity index (χ2v) is 37.8. The maximum Gasteiger partial charge on any atom is 0.416 e. The van der Waals surface area contributed by atoms with Gasteiger partial charge in [-0.1, -0.05) is 55.5 Å². The molecule has 14 rings (SSSR count). The zero-order valence-electron chi connectivity index (χ0n) is 76.3. The number of carboxylic acid groups (broad SMARTS) is 1. The number of hydrogen-bond donors (Lipinski definition) is 9. The number of rotatable bonds is 11. The van der Waals surface area contributed by atoms with Crippen LogP contribution in [0.15, 0.2) is 97.1 Å². The summed E-state index contributed by atoms with van der Waals surface area (Å²) in [4.78, 5) is 246.